The van der Waals surface area contributed by atoms with E-state index in [0.29, 0.717) is 5.56 Å². The van der Waals surface area contributed by atoms with Crippen molar-refractivity contribution < 1.29 is 9.72 Å². The standard InChI is InChI=1S/C17H15Cl2N3O3/c1-11(23)10-13(12-6-3-2-4-7-12)17(22(24)25)21-20-16-14(18)8-5-9-15(16)19/h2-9,13,20H,10H2,1H3/b21-17-. The van der Waals surface area contributed by atoms with Crippen LogP contribution in [0.5, 0.6) is 0 Å². The molecule has 0 fully saturated rings. The number of nitrogens with one attached hydrogen (secondary N) is 1. The van der Waals surface area contributed by atoms with Crippen LogP contribution in [0.2, 0.25) is 10.0 Å². The summed E-state index contributed by atoms with van der Waals surface area (Å²) in [7, 11) is 0. The first-order chi connectivity index (χ1) is 11.9. The van der Waals surface area contributed by atoms with E-state index in [-0.39, 0.29) is 27.9 Å². The van der Waals surface area contributed by atoms with Crippen molar-refractivity contribution in [2.45, 2.75) is 19.3 Å². The van der Waals surface area contributed by atoms with E-state index in [4.69, 9.17) is 23.2 Å². The maximum Gasteiger partial charge on any atom is 0.371 e. The van der Waals surface area contributed by atoms with Crippen LogP contribution < -0.4 is 5.43 Å². The number of nitrogens with zero attached hydrogens (tertiary/aromatic N) is 2. The lowest BCUT2D eigenvalue weighted by atomic mass is 9.93. The van der Waals surface area contributed by atoms with Crippen LogP contribution in [0.25, 0.3) is 0 Å². The van der Waals surface area contributed by atoms with Crippen LogP contribution in [0, 0.1) is 10.1 Å². The van der Waals surface area contributed by atoms with Crippen molar-refractivity contribution in [1.82, 2.24) is 0 Å². The number of rotatable bonds is 6. The molecule has 0 amide bonds. The fourth-order valence-electron chi connectivity index (χ4n) is 2.29. The summed E-state index contributed by atoms with van der Waals surface area (Å²) in [4.78, 5) is 22.5. The topological polar surface area (TPSA) is 84.6 Å². The summed E-state index contributed by atoms with van der Waals surface area (Å²) in [6, 6.07) is 13.5. The van der Waals surface area contributed by atoms with Crippen molar-refractivity contribution in [2.24, 2.45) is 5.10 Å². The molecule has 1 atom stereocenters. The van der Waals surface area contributed by atoms with Gasteiger partial charge in [-0.15, -0.1) is 0 Å². The monoisotopic (exact) mass is 379 g/mol. The third kappa shape index (κ3) is 5.01. The van der Waals surface area contributed by atoms with Gasteiger partial charge in [0.05, 0.1) is 15.1 Å². The molecule has 0 bridgehead atoms. The minimum Gasteiger partial charge on any atom is -0.358 e. The van der Waals surface area contributed by atoms with Crippen molar-refractivity contribution in [1.29, 1.82) is 0 Å². The number of para-hydroxylation sites is 1. The molecule has 1 unspecified atom stereocenters. The van der Waals surface area contributed by atoms with Gasteiger partial charge in [-0.2, -0.15) is 5.43 Å². The Morgan fingerprint density at radius 1 is 1.16 bits per heavy atom. The zero-order chi connectivity index (χ0) is 18.4. The van der Waals surface area contributed by atoms with E-state index in [9.17, 15) is 14.9 Å². The molecule has 0 heterocycles. The number of amidine groups is 1. The molecule has 0 aromatic heterocycles. The van der Waals surface area contributed by atoms with Gasteiger partial charge < -0.3 is 10.1 Å². The van der Waals surface area contributed by atoms with Gasteiger partial charge in [-0.05, 0) is 29.5 Å². The van der Waals surface area contributed by atoms with Crippen LogP contribution in [0.3, 0.4) is 0 Å². The molecule has 1 N–H and O–H groups in total. The summed E-state index contributed by atoms with van der Waals surface area (Å²) in [6.07, 6.45) is -0.0399. The fraction of sp³-hybridized carbons (Fsp3) is 0.176. The fourth-order valence-corrected chi connectivity index (χ4v) is 2.78. The van der Waals surface area contributed by atoms with Gasteiger partial charge >= 0.3 is 5.84 Å². The number of hydrazone groups is 1. The third-order valence-corrected chi connectivity index (χ3v) is 4.07. The van der Waals surface area contributed by atoms with Crippen molar-refractivity contribution in [2.75, 3.05) is 5.43 Å². The van der Waals surface area contributed by atoms with E-state index >= 15 is 0 Å². The predicted molar refractivity (Wildman–Crippen MR) is 99.0 cm³/mol. The zero-order valence-corrected chi connectivity index (χ0v) is 14.8. The number of benzene rings is 2. The highest BCUT2D eigenvalue weighted by Crippen LogP contribution is 2.30. The SMILES string of the molecule is CC(=O)CC(/C(=N/Nc1c(Cl)cccc1Cl)[N+](=O)[O-])c1ccccc1. The molecule has 0 aliphatic carbocycles. The summed E-state index contributed by atoms with van der Waals surface area (Å²) in [6.45, 7) is 1.38. The minimum absolute atomic E-state index is 0.0399. The number of Topliss-reactive ketones (excluding diaryl/α,β-unsaturated/α-hetero) is 1. The van der Waals surface area contributed by atoms with Crippen molar-refractivity contribution in [3.05, 3.63) is 74.3 Å². The number of nitro groups is 1. The average molecular weight is 380 g/mol. The predicted octanol–water partition coefficient (Wildman–Crippen LogP) is 4.76. The largest absolute Gasteiger partial charge is 0.371 e. The smallest absolute Gasteiger partial charge is 0.358 e. The van der Waals surface area contributed by atoms with Crippen LogP contribution in [0.4, 0.5) is 5.69 Å². The van der Waals surface area contributed by atoms with Crippen LogP contribution in [0.1, 0.15) is 24.8 Å². The first-order valence-corrected chi connectivity index (χ1v) is 8.12. The Bertz CT molecular complexity index is 790. The highest BCUT2D eigenvalue weighted by Gasteiger charge is 2.30. The Hall–Kier alpha value is -2.44. The number of halogens is 2. The molecule has 2 aromatic carbocycles. The van der Waals surface area contributed by atoms with Gasteiger partial charge in [0.15, 0.2) is 0 Å². The maximum absolute atomic E-state index is 11.6. The summed E-state index contributed by atoms with van der Waals surface area (Å²) >= 11 is 12.1. The quantitative estimate of drug-likeness (QED) is 0.339. The van der Waals surface area contributed by atoms with E-state index in [0.717, 1.165) is 0 Å². The molecule has 0 aliphatic heterocycles. The van der Waals surface area contributed by atoms with Gasteiger partial charge in [0.25, 0.3) is 0 Å². The molecular formula is C17H15Cl2N3O3. The van der Waals surface area contributed by atoms with Crippen molar-refractivity contribution in [3.8, 4) is 0 Å². The molecule has 0 saturated heterocycles. The molecule has 6 nitrogen and oxygen atoms in total. The lowest BCUT2D eigenvalue weighted by Gasteiger charge is -2.13. The molecular weight excluding hydrogens is 365 g/mol. The van der Waals surface area contributed by atoms with E-state index < -0.39 is 16.7 Å². The number of hydrogen-bond donors (Lipinski definition) is 1. The highest BCUT2D eigenvalue weighted by molar-refractivity contribution is 6.39. The normalized spacial score (nSPS) is 12.5. The van der Waals surface area contributed by atoms with Crippen LogP contribution in [-0.4, -0.2) is 16.5 Å². The highest BCUT2D eigenvalue weighted by atomic mass is 35.5. The summed E-state index contributed by atoms with van der Waals surface area (Å²) < 4.78 is 0. The Kier molecular flexibility index (Phi) is 6.50. The van der Waals surface area contributed by atoms with Crippen molar-refractivity contribution >= 4 is 40.5 Å². The number of anilines is 1. The molecule has 8 heteroatoms. The van der Waals surface area contributed by atoms with E-state index in [1.165, 1.54) is 6.92 Å². The Morgan fingerprint density at radius 2 is 1.76 bits per heavy atom. The molecule has 25 heavy (non-hydrogen) atoms. The molecule has 0 saturated carbocycles. The minimum atomic E-state index is -0.789. The Morgan fingerprint density at radius 3 is 2.28 bits per heavy atom. The summed E-state index contributed by atoms with van der Waals surface area (Å²) in [5.74, 6) is -1.36. The molecule has 0 radical (unpaired) electrons. The van der Waals surface area contributed by atoms with Crippen LogP contribution >= 0.6 is 23.2 Å². The first-order valence-electron chi connectivity index (χ1n) is 7.36. The van der Waals surface area contributed by atoms with E-state index in [1.54, 1.807) is 48.5 Å². The van der Waals surface area contributed by atoms with E-state index in [1.807, 2.05) is 0 Å². The lowest BCUT2D eigenvalue weighted by Crippen LogP contribution is -2.24. The average Bonchev–Trinajstić information content (AvgIpc) is 2.56. The number of carbonyl (C=O) groups is 1. The zero-order valence-electron chi connectivity index (χ0n) is 13.3. The van der Waals surface area contributed by atoms with Gasteiger partial charge in [0.1, 0.15) is 17.4 Å². The molecule has 2 rings (SSSR count). The van der Waals surface area contributed by atoms with Gasteiger partial charge in [-0.1, -0.05) is 59.6 Å². The van der Waals surface area contributed by atoms with Gasteiger partial charge in [0, 0.05) is 6.42 Å². The second-order valence-electron chi connectivity index (χ2n) is 5.30. The maximum atomic E-state index is 11.6. The second-order valence-corrected chi connectivity index (χ2v) is 6.12. The molecule has 2 aromatic rings. The molecule has 0 spiro atoms. The lowest BCUT2D eigenvalue weighted by molar-refractivity contribution is -0.354. The van der Waals surface area contributed by atoms with Gasteiger partial charge in [-0.25, -0.2) is 0 Å². The van der Waals surface area contributed by atoms with Crippen LogP contribution in [-0.2, 0) is 4.79 Å². The van der Waals surface area contributed by atoms with Crippen molar-refractivity contribution in [3.63, 3.8) is 0 Å². The van der Waals surface area contributed by atoms with E-state index in [2.05, 4.69) is 10.5 Å². The number of carbonyl (C=O) groups excluding carboxylic acids is 1. The first kappa shape index (κ1) is 18.9. The Balaban J connectivity index is 2.42. The summed E-state index contributed by atoms with van der Waals surface area (Å²) in [5.41, 5.74) is 3.45. The molecule has 0 aliphatic rings. The van der Waals surface area contributed by atoms with Crippen LogP contribution in [0.15, 0.2) is 53.6 Å². The number of ketones is 1. The third-order valence-electron chi connectivity index (χ3n) is 3.44. The second kappa shape index (κ2) is 8.60. The molecule has 130 valence electrons. The van der Waals surface area contributed by atoms with Gasteiger partial charge in [0.2, 0.25) is 0 Å². The number of hydrogen-bond acceptors (Lipinski definition) is 5. The Labute approximate surface area is 154 Å². The van der Waals surface area contributed by atoms with Gasteiger partial charge in [-0.3, -0.25) is 4.79 Å². The summed E-state index contributed by atoms with van der Waals surface area (Å²) in [5, 5.41) is 16.0.